The third kappa shape index (κ3) is 3.07. The first-order chi connectivity index (χ1) is 9.20. The van der Waals surface area contributed by atoms with Gasteiger partial charge in [-0.1, -0.05) is 13.8 Å². The molecule has 1 aromatic heterocycles. The number of carbonyl (C=O) groups excluding carboxylic acids is 1. The first-order valence-corrected chi connectivity index (χ1v) is 6.25. The van der Waals surface area contributed by atoms with Gasteiger partial charge in [-0.25, -0.2) is 4.68 Å². The molecule has 9 heteroatoms. The lowest BCUT2D eigenvalue weighted by Gasteiger charge is -2.44. The Labute approximate surface area is 113 Å². The van der Waals surface area contributed by atoms with Gasteiger partial charge in [0, 0.05) is 13.1 Å². The number of aromatic nitrogens is 4. The fourth-order valence-corrected chi connectivity index (χ4v) is 2.67. The molecule has 1 aliphatic heterocycles. The van der Waals surface area contributed by atoms with Gasteiger partial charge in [-0.05, 0) is 22.3 Å². The van der Waals surface area contributed by atoms with Crippen LogP contribution in [0.1, 0.15) is 20.3 Å². The lowest BCUT2D eigenvalue weighted by atomic mass is 9.73. The van der Waals surface area contributed by atoms with E-state index in [1.54, 1.807) is 13.8 Å². The summed E-state index contributed by atoms with van der Waals surface area (Å²) in [7, 11) is 0. The highest BCUT2D eigenvalue weighted by Crippen LogP contribution is 2.45. The molecular formula is C11H16F3N5O. The molecule has 20 heavy (non-hydrogen) atoms. The molecule has 0 aliphatic carbocycles. The quantitative estimate of drug-likeness (QED) is 0.819. The number of nitrogens with zero attached hydrogens (tertiary/aromatic N) is 5. The predicted octanol–water partition coefficient (Wildman–Crippen LogP) is 1.11. The minimum atomic E-state index is -4.23. The third-order valence-electron chi connectivity index (χ3n) is 3.67. The highest BCUT2D eigenvalue weighted by atomic mass is 19.4. The molecule has 0 radical (unpaired) electrons. The van der Waals surface area contributed by atoms with E-state index in [0.29, 0.717) is 0 Å². The zero-order valence-corrected chi connectivity index (χ0v) is 11.3. The van der Waals surface area contributed by atoms with Crippen molar-refractivity contribution in [1.29, 1.82) is 0 Å². The number of halogens is 3. The normalized spacial score (nSPS) is 22.9. The summed E-state index contributed by atoms with van der Waals surface area (Å²) in [4.78, 5) is 13.5. The molecule has 2 rings (SSSR count). The number of hydrogen-bond donors (Lipinski definition) is 0. The molecular weight excluding hydrogens is 275 g/mol. The summed E-state index contributed by atoms with van der Waals surface area (Å²) in [5.41, 5.74) is -0.993. The van der Waals surface area contributed by atoms with Crippen LogP contribution in [-0.2, 0) is 11.3 Å². The standard InChI is InChI=1S/C11H16F3N5O/c1-10(2)6-18(4-3-8(10)11(12,13)14)9(20)5-19-7-15-16-17-19/h7-8H,3-6H2,1-2H3. The maximum absolute atomic E-state index is 12.9. The van der Waals surface area contributed by atoms with Crippen LogP contribution < -0.4 is 0 Å². The van der Waals surface area contributed by atoms with E-state index in [0.717, 1.165) is 0 Å². The van der Waals surface area contributed by atoms with Crippen molar-refractivity contribution in [2.24, 2.45) is 11.3 Å². The van der Waals surface area contributed by atoms with Crippen LogP contribution in [0.4, 0.5) is 13.2 Å². The van der Waals surface area contributed by atoms with Crippen molar-refractivity contribution in [3.8, 4) is 0 Å². The molecule has 0 spiro atoms. The molecule has 1 aliphatic rings. The van der Waals surface area contributed by atoms with E-state index in [1.165, 1.54) is 15.9 Å². The topological polar surface area (TPSA) is 63.9 Å². The summed E-state index contributed by atoms with van der Waals surface area (Å²) in [6.45, 7) is 3.22. The molecule has 0 bridgehead atoms. The first kappa shape index (κ1) is 14.7. The molecule has 1 amide bonds. The van der Waals surface area contributed by atoms with E-state index >= 15 is 0 Å². The Kier molecular flexibility index (Phi) is 3.70. The highest BCUT2D eigenvalue weighted by molar-refractivity contribution is 5.76. The molecule has 1 unspecified atom stereocenters. The fourth-order valence-electron chi connectivity index (χ4n) is 2.67. The van der Waals surface area contributed by atoms with Gasteiger partial charge >= 0.3 is 6.18 Å². The van der Waals surface area contributed by atoms with E-state index in [9.17, 15) is 18.0 Å². The maximum Gasteiger partial charge on any atom is 0.392 e. The number of tetrazole rings is 1. The zero-order valence-electron chi connectivity index (χ0n) is 11.3. The Hall–Kier alpha value is -1.67. The van der Waals surface area contributed by atoms with Crippen molar-refractivity contribution in [1.82, 2.24) is 25.1 Å². The summed E-state index contributed by atoms with van der Waals surface area (Å²) >= 11 is 0. The van der Waals surface area contributed by atoms with Gasteiger partial charge in [0.2, 0.25) is 5.91 Å². The summed E-state index contributed by atoms with van der Waals surface area (Å²) in [5, 5.41) is 10.4. The van der Waals surface area contributed by atoms with Crippen molar-refractivity contribution in [2.45, 2.75) is 33.0 Å². The van der Waals surface area contributed by atoms with Gasteiger partial charge in [0.05, 0.1) is 5.92 Å². The van der Waals surface area contributed by atoms with E-state index in [4.69, 9.17) is 0 Å². The minimum Gasteiger partial charge on any atom is -0.341 e. The van der Waals surface area contributed by atoms with Gasteiger partial charge in [-0.2, -0.15) is 13.2 Å². The molecule has 0 N–H and O–H groups in total. The van der Waals surface area contributed by atoms with Crippen LogP contribution >= 0.6 is 0 Å². The Bertz CT molecular complexity index is 471. The number of amides is 1. The van der Waals surface area contributed by atoms with Gasteiger partial charge in [0.15, 0.2) is 0 Å². The summed E-state index contributed by atoms with van der Waals surface area (Å²) in [5.74, 6) is -1.65. The van der Waals surface area contributed by atoms with Crippen molar-refractivity contribution in [3.05, 3.63) is 6.33 Å². The Morgan fingerprint density at radius 3 is 2.65 bits per heavy atom. The summed E-state index contributed by atoms with van der Waals surface area (Å²) in [6, 6.07) is 0. The lowest BCUT2D eigenvalue weighted by molar-refractivity contribution is -0.217. The Balaban J connectivity index is 2.02. The molecule has 1 aromatic rings. The van der Waals surface area contributed by atoms with E-state index in [2.05, 4.69) is 15.5 Å². The molecule has 1 saturated heterocycles. The van der Waals surface area contributed by atoms with E-state index < -0.39 is 17.5 Å². The van der Waals surface area contributed by atoms with Gasteiger partial charge in [0.25, 0.3) is 0 Å². The maximum atomic E-state index is 12.9. The zero-order chi connectivity index (χ0) is 15.0. The SMILES string of the molecule is CC1(C)CN(C(=O)Cn2cnnn2)CCC1C(F)(F)F. The van der Waals surface area contributed by atoms with Crippen LogP contribution in [0.2, 0.25) is 0 Å². The Morgan fingerprint density at radius 2 is 2.15 bits per heavy atom. The van der Waals surface area contributed by atoms with E-state index in [-0.39, 0.29) is 32.0 Å². The van der Waals surface area contributed by atoms with Crippen LogP contribution in [0.15, 0.2) is 6.33 Å². The van der Waals surface area contributed by atoms with Crippen LogP contribution in [-0.4, -0.2) is 50.3 Å². The van der Waals surface area contributed by atoms with E-state index in [1.807, 2.05) is 0 Å². The molecule has 2 heterocycles. The van der Waals surface area contributed by atoms with Gasteiger partial charge in [0.1, 0.15) is 12.9 Å². The average Bonchev–Trinajstić information content (AvgIpc) is 2.78. The smallest absolute Gasteiger partial charge is 0.341 e. The lowest BCUT2D eigenvalue weighted by Crippen LogP contribution is -2.53. The van der Waals surface area contributed by atoms with Crippen LogP contribution in [0.3, 0.4) is 0 Å². The van der Waals surface area contributed by atoms with Gasteiger partial charge in [-0.15, -0.1) is 5.10 Å². The molecule has 1 fully saturated rings. The van der Waals surface area contributed by atoms with Gasteiger partial charge < -0.3 is 4.90 Å². The monoisotopic (exact) mass is 291 g/mol. The molecule has 112 valence electrons. The fraction of sp³-hybridized carbons (Fsp3) is 0.818. The van der Waals surface area contributed by atoms with Crippen LogP contribution in [0.25, 0.3) is 0 Å². The predicted molar refractivity (Wildman–Crippen MR) is 62.3 cm³/mol. The van der Waals surface area contributed by atoms with Crippen LogP contribution in [0, 0.1) is 11.3 Å². The second-order valence-corrected chi connectivity index (χ2v) is 5.69. The molecule has 6 nitrogen and oxygen atoms in total. The minimum absolute atomic E-state index is 0.0558. The average molecular weight is 291 g/mol. The first-order valence-electron chi connectivity index (χ1n) is 6.25. The highest BCUT2D eigenvalue weighted by Gasteiger charge is 2.51. The number of alkyl halides is 3. The molecule has 0 aromatic carbocycles. The number of piperidine rings is 1. The number of rotatable bonds is 2. The van der Waals surface area contributed by atoms with Crippen molar-refractivity contribution >= 4 is 5.91 Å². The van der Waals surface area contributed by atoms with Crippen molar-refractivity contribution in [3.63, 3.8) is 0 Å². The Morgan fingerprint density at radius 1 is 1.45 bits per heavy atom. The van der Waals surface area contributed by atoms with Crippen molar-refractivity contribution < 1.29 is 18.0 Å². The third-order valence-corrected chi connectivity index (χ3v) is 3.67. The van der Waals surface area contributed by atoms with Gasteiger partial charge in [-0.3, -0.25) is 4.79 Å². The number of likely N-dealkylation sites (tertiary alicyclic amines) is 1. The largest absolute Gasteiger partial charge is 0.392 e. The summed E-state index contributed by atoms with van der Waals surface area (Å²) < 4.78 is 40.1. The van der Waals surface area contributed by atoms with Crippen molar-refractivity contribution in [2.75, 3.05) is 13.1 Å². The number of carbonyl (C=O) groups is 1. The van der Waals surface area contributed by atoms with Crippen LogP contribution in [0.5, 0.6) is 0 Å². The second kappa shape index (κ2) is 5.02. The molecule has 1 atom stereocenters. The summed E-state index contributed by atoms with van der Waals surface area (Å²) in [6.07, 6.45) is -3.00. The number of hydrogen-bond acceptors (Lipinski definition) is 4. The second-order valence-electron chi connectivity index (χ2n) is 5.69. The molecule has 0 saturated carbocycles.